The lowest BCUT2D eigenvalue weighted by Gasteiger charge is -2.32. The van der Waals surface area contributed by atoms with Crippen molar-refractivity contribution in [2.75, 3.05) is 19.7 Å². The summed E-state index contributed by atoms with van der Waals surface area (Å²) in [6, 6.07) is -3.57. The van der Waals surface area contributed by atoms with Crippen molar-refractivity contribution in [3.05, 3.63) is 0 Å². The maximum atomic E-state index is 13.1. The van der Waals surface area contributed by atoms with E-state index in [2.05, 4.69) is 5.32 Å². The van der Waals surface area contributed by atoms with E-state index in [-0.39, 0.29) is 11.7 Å². The predicted octanol–water partition coefficient (Wildman–Crippen LogP) is -2.26. The van der Waals surface area contributed by atoms with Crippen LogP contribution in [0.25, 0.3) is 0 Å². The second-order valence-electron chi connectivity index (χ2n) is 7.50. The highest BCUT2D eigenvalue weighted by atomic mass is 16.3. The fourth-order valence-electron chi connectivity index (χ4n) is 3.72. The topological polar surface area (TPSA) is 153 Å². The normalized spacial score (nSPS) is 25.3. The molecule has 5 N–H and O–H groups in total. The Balaban J connectivity index is 2.10. The van der Waals surface area contributed by atoms with Gasteiger partial charge in [-0.25, -0.2) is 0 Å². The average molecular weight is 398 g/mol. The molecule has 28 heavy (non-hydrogen) atoms. The second kappa shape index (κ2) is 9.44. The summed E-state index contributed by atoms with van der Waals surface area (Å²) in [5.74, 6) is -1.67. The molecule has 10 nitrogen and oxygen atoms in total. The van der Waals surface area contributed by atoms with Crippen molar-refractivity contribution >= 4 is 23.5 Å². The van der Waals surface area contributed by atoms with Crippen molar-refractivity contribution in [1.82, 2.24) is 15.1 Å². The number of nitrogens with zero attached hydrogens (tertiary/aromatic N) is 2. The molecule has 3 amide bonds. The van der Waals surface area contributed by atoms with Gasteiger partial charge in [0.2, 0.25) is 17.7 Å². The Morgan fingerprint density at radius 1 is 1.11 bits per heavy atom. The molecular formula is C18H30N4O6. The number of aliphatic hydroxyl groups excluding tert-OH is 2. The highest BCUT2D eigenvalue weighted by molar-refractivity contribution is 5.95. The SMILES string of the molecule is CC(=O)[C@H](CO)NC(=O)C1CCCN1C(=O)C1CCCN1C(=O)[C@@H](N)[C@@H](C)O. The Labute approximate surface area is 164 Å². The zero-order valence-electron chi connectivity index (χ0n) is 16.3. The Bertz CT molecular complexity index is 625. The van der Waals surface area contributed by atoms with Gasteiger partial charge in [-0.05, 0) is 39.5 Å². The van der Waals surface area contributed by atoms with Crippen molar-refractivity contribution in [2.45, 2.75) is 69.8 Å². The Morgan fingerprint density at radius 2 is 1.68 bits per heavy atom. The molecule has 10 heteroatoms. The lowest BCUT2D eigenvalue weighted by Crippen LogP contribution is -2.57. The highest BCUT2D eigenvalue weighted by Crippen LogP contribution is 2.25. The molecule has 0 aliphatic carbocycles. The van der Waals surface area contributed by atoms with Gasteiger partial charge in [-0.2, -0.15) is 0 Å². The first-order chi connectivity index (χ1) is 13.2. The van der Waals surface area contributed by atoms with Crippen molar-refractivity contribution in [3.8, 4) is 0 Å². The lowest BCUT2D eigenvalue weighted by molar-refractivity contribution is -0.148. The number of hydrogen-bond donors (Lipinski definition) is 4. The van der Waals surface area contributed by atoms with Crippen LogP contribution in [0.4, 0.5) is 0 Å². The summed E-state index contributed by atoms with van der Waals surface area (Å²) < 4.78 is 0. The Morgan fingerprint density at radius 3 is 2.21 bits per heavy atom. The van der Waals surface area contributed by atoms with Gasteiger partial charge in [0.05, 0.1) is 12.7 Å². The van der Waals surface area contributed by atoms with E-state index in [9.17, 15) is 29.4 Å². The van der Waals surface area contributed by atoms with Crippen molar-refractivity contribution in [1.29, 1.82) is 0 Å². The van der Waals surface area contributed by atoms with E-state index in [1.54, 1.807) is 0 Å². The number of likely N-dealkylation sites (tertiary alicyclic amines) is 2. The molecule has 0 aromatic heterocycles. The summed E-state index contributed by atoms with van der Waals surface area (Å²) in [6.07, 6.45) is 1.14. The number of carbonyl (C=O) groups excluding carboxylic acids is 4. The zero-order valence-corrected chi connectivity index (χ0v) is 16.3. The third-order valence-corrected chi connectivity index (χ3v) is 5.45. The number of nitrogens with one attached hydrogen (secondary N) is 1. The van der Waals surface area contributed by atoms with Crippen molar-refractivity contribution < 1.29 is 29.4 Å². The number of carbonyl (C=O) groups is 4. The number of hydrogen-bond acceptors (Lipinski definition) is 7. The maximum Gasteiger partial charge on any atom is 0.246 e. The molecule has 0 saturated carbocycles. The summed E-state index contributed by atoms with van der Waals surface area (Å²) in [7, 11) is 0. The van der Waals surface area contributed by atoms with Gasteiger partial charge in [0, 0.05) is 13.1 Å². The molecule has 2 rings (SSSR count). The van der Waals surface area contributed by atoms with Gasteiger partial charge >= 0.3 is 0 Å². The van der Waals surface area contributed by atoms with Gasteiger partial charge < -0.3 is 31.1 Å². The molecular weight excluding hydrogens is 368 g/mol. The first-order valence-corrected chi connectivity index (χ1v) is 9.65. The predicted molar refractivity (Wildman–Crippen MR) is 98.8 cm³/mol. The van der Waals surface area contributed by atoms with Gasteiger partial charge in [-0.1, -0.05) is 0 Å². The maximum absolute atomic E-state index is 13.1. The van der Waals surface area contributed by atoms with Crippen molar-refractivity contribution in [3.63, 3.8) is 0 Å². The zero-order chi connectivity index (χ0) is 21.0. The van der Waals surface area contributed by atoms with E-state index in [1.165, 1.54) is 23.6 Å². The smallest absolute Gasteiger partial charge is 0.246 e. The molecule has 0 radical (unpaired) electrons. The fourth-order valence-corrected chi connectivity index (χ4v) is 3.72. The van der Waals surface area contributed by atoms with Crippen LogP contribution in [-0.4, -0.2) is 93.5 Å². The summed E-state index contributed by atoms with van der Waals surface area (Å²) in [6.45, 7) is 2.93. The van der Waals surface area contributed by atoms with Crippen LogP contribution in [0.1, 0.15) is 39.5 Å². The van der Waals surface area contributed by atoms with Gasteiger partial charge in [0.1, 0.15) is 24.2 Å². The summed E-state index contributed by atoms with van der Waals surface area (Å²) in [4.78, 5) is 52.4. The van der Waals surface area contributed by atoms with Gasteiger partial charge in [-0.15, -0.1) is 0 Å². The summed E-state index contributed by atoms with van der Waals surface area (Å²) >= 11 is 0. The third kappa shape index (κ3) is 4.68. The van der Waals surface area contributed by atoms with E-state index in [0.29, 0.717) is 38.8 Å². The van der Waals surface area contributed by atoms with E-state index >= 15 is 0 Å². The molecule has 5 atom stereocenters. The Hall–Kier alpha value is -2.04. The minimum Gasteiger partial charge on any atom is -0.394 e. The van der Waals surface area contributed by atoms with Crippen molar-refractivity contribution in [2.24, 2.45) is 5.73 Å². The van der Waals surface area contributed by atoms with Crippen LogP contribution < -0.4 is 11.1 Å². The van der Waals surface area contributed by atoms with E-state index in [0.717, 1.165) is 0 Å². The van der Waals surface area contributed by atoms with E-state index in [1.807, 2.05) is 0 Å². The Kier molecular flexibility index (Phi) is 7.50. The second-order valence-corrected chi connectivity index (χ2v) is 7.50. The number of Topliss-reactive ketones (excluding diaryl/α,β-unsaturated/α-hetero) is 1. The molecule has 158 valence electrons. The third-order valence-electron chi connectivity index (χ3n) is 5.45. The van der Waals surface area contributed by atoms with Crippen LogP contribution in [-0.2, 0) is 19.2 Å². The minimum atomic E-state index is -1.10. The number of amides is 3. The molecule has 2 fully saturated rings. The first kappa shape index (κ1) is 22.3. The monoisotopic (exact) mass is 398 g/mol. The van der Waals surface area contributed by atoms with E-state index < -0.39 is 48.7 Å². The molecule has 0 aromatic carbocycles. The minimum absolute atomic E-state index is 0.329. The van der Waals surface area contributed by atoms with Crippen LogP contribution in [0, 0.1) is 0 Å². The van der Waals surface area contributed by atoms with Gasteiger partial charge in [0.15, 0.2) is 5.78 Å². The highest BCUT2D eigenvalue weighted by Gasteiger charge is 2.43. The number of nitrogens with two attached hydrogens (primary N) is 1. The summed E-state index contributed by atoms with van der Waals surface area (Å²) in [5.41, 5.74) is 5.74. The number of aliphatic hydroxyl groups is 2. The van der Waals surface area contributed by atoms with Crippen LogP contribution >= 0.6 is 0 Å². The molecule has 0 aromatic rings. The molecule has 2 aliphatic rings. The standard InChI is InChI=1S/C18H30N4O6/c1-10(24)12(9-23)20-16(26)13-5-3-7-21(13)17(27)14-6-4-8-22(14)18(28)15(19)11(2)25/h11-15,23,25H,3-9,19H2,1-2H3,(H,20,26)/t11-,12+,13?,14?,15+/m1/s1. The number of rotatable bonds is 7. The molecule has 2 aliphatic heterocycles. The first-order valence-electron chi connectivity index (χ1n) is 9.65. The molecule has 2 saturated heterocycles. The molecule has 0 bridgehead atoms. The number of ketones is 1. The summed E-state index contributed by atoms with van der Waals surface area (Å²) in [5, 5.41) is 21.3. The molecule has 2 unspecified atom stereocenters. The largest absolute Gasteiger partial charge is 0.394 e. The van der Waals surface area contributed by atoms with Crippen LogP contribution in [0.15, 0.2) is 0 Å². The van der Waals surface area contributed by atoms with Crippen LogP contribution in [0.3, 0.4) is 0 Å². The fraction of sp³-hybridized carbons (Fsp3) is 0.778. The van der Waals surface area contributed by atoms with Crippen LogP contribution in [0.5, 0.6) is 0 Å². The van der Waals surface area contributed by atoms with Crippen LogP contribution in [0.2, 0.25) is 0 Å². The average Bonchev–Trinajstić information content (AvgIpc) is 3.32. The lowest BCUT2D eigenvalue weighted by atomic mass is 10.1. The quantitative estimate of drug-likeness (QED) is 0.377. The molecule has 0 spiro atoms. The van der Waals surface area contributed by atoms with Gasteiger partial charge in [0.25, 0.3) is 0 Å². The van der Waals surface area contributed by atoms with E-state index in [4.69, 9.17) is 5.73 Å². The molecule has 2 heterocycles. The van der Waals surface area contributed by atoms with Gasteiger partial charge in [-0.3, -0.25) is 19.2 Å².